The molecule has 3 heteroatoms. The van der Waals surface area contributed by atoms with E-state index in [1.807, 2.05) is 0 Å². The molecule has 56 valence electrons. The van der Waals surface area contributed by atoms with E-state index in [0.29, 0.717) is 6.54 Å². The Morgan fingerprint density at radius 3 is 2.90 bits per heavy atom. The van der Waals surface area contributed by atoms with Gasteiger partial charge in [0, 0.05) is 12.5 Å². The van der Waals surface area contributed by atoms with Crippen molar-refractivity contribution >= 4 is 5.91 Å². The maximum Gasteiger partial charge on any atom is 0.223 e. The molecule has 0 aromatic heterocycles. The van der Waals surface area contributed by atoms with E-state index in [1.165, 1.54) is 0 Å². The third-order valence-electron chi connectivity index (χ3n) is 2.76. The van der Waals surface area contributed by atoms with Gasteiger partial charge in [-0.3, -0.25) is 4.79 Å². The van der Waals surface area contributed by atoms with Gasteiger partial charge in [-0.1, -0.05) is 0 Å². The molecular formula is C7H12N2O. The van der Waals surface area contributed by atoms with Gasteiger partial charge >= 0.3 is 0 Å². The predicted molar refractivity (Wildman–Crippen MR) is 37.3 cm³/mol. The minimum atomic E-state index is 0.00174. The van der Waals surface area contributed by atoms with Gasteiger partial charge in [-0.05, 0) is 19.3 Å². The number of nitrogens with one attached hydrogen (secondary N) is 1. The molecule has 2 unspecified atom stereocenters. The van der Waals surface area contributed by atoms with Gasteiger partial charge in [0.25, 0.3) is 0 Å². The highest BCUT2D eigenvalue weighted by Crippen LogP contribution is 2.39. The Balaban J connectivity index is 2.22. The summed E-state index contributed by atoms with van der Waals surface area (Å²) in [5.74, 6) is 0.500. The molecule has 1 aliphatic carbocycles. The Morgan fingerprint density at radius 2 is 2.60 bits per heavy atom. The molecule has 10 heavy (non-hydrogen) atoms. The molecule has 1 heterocycles. The zero-order valence-corrected chi connectivity index (χ0v) is 5.89. The number of carbonyl (C=O) groups excluding carboxylic acids is 1. The van der Waals surface area contributed by atoms with E-state index >= 15 is 0 Å². The van der Waals surface area contributed by atoms with Crippen molar-refractivity contribution in [3.8, 4) is 0 Å². The van der Waals surface area contributed by atoms with Crippen molar-refractivity contribution in [1.82, 2.24) is 5.32 Å². The Labute approximate surface area is 60.0 Å². The molecule has 3 N–H and O–H groups in total. The molecule has 2 fully saturated rings. The number of nitrogens with two attached hydrogens (primary N) is 1. The van der Waals surface area contributed by atoms with E-state index in [1.54, 1.807) is 0 Å². The van der Waals surface area contributed by atoms with Crippen LogP contribution >= 0.6 is 0 Å². The van der Waals surface area contributed by atoms with Crippen molar-refractivity contribution in [3.63, 3.8) is 0 Å². The summed E-state index contributed by atoms with van der Waals surface area (Å²) in [4.78, 5) is 11.0. The van der Waals surface area contributed by atoms with Crippen molar-refractivity contribution < 1.29 is 4.79 Å². The van der Waals surface area contributed by atoms with Crippen LogP contribution in [-0.4, -0.2) is 18.0 Å². The minimum absolute atomic E-state index is 0.00174. The number of hydrogen-bond acceptors (Lipinski definition) is 2. The zero-order chi connectivity index (χ0) is 7.19. The van der Waals surface area contributed by atoms with E-state index < -0.39 is 0 Å². The quantitative estimate of drug-likeness (QED) is 0.521. The van der Waals surface area contributed by atoms with Gasteiger partial charge in [-0.25, -0.2) is 0 Å². The first-order valence-electron chi connectivity index (χ1n) is 3.78. The smallest absolute Gasteiger partial charge is 0.223 e. The van der Waals surface area contributed by atoms with Gasteiger partial charge in [-0.15, -0.1) is 0 Å². The maximum absolute atomic E-state index is 11.0. The van der Waals surface area contributed by atoms with Crippen LogP contribution in [0, 0.1) is 5.92 Å². The van der Waals surface area contributed by atoms with Crippen LogP contribution in [-0.2, 0) is 4.79 Å². The van der Waals surface area contributed by atoms with Gasteiger partial charge in [0.15, 0.2) is 0 Å². The monoisotopic (exact) mass is 140 g/mol. The van der Waals surface area contributed by atoms with Gasteiger partial charge in [0.1, 0.15) is 0 Å². The number of rotatable bonds is 1. The summed E-state index contributed by atoms with van der Waals surface area (Å²) in [5, 5.41) is 2.95. The van der Waals surface area contributed by atoms with Gasteiger partial charge in [0.05, 0.1) is 5.54 Å². The fraction of sp³-hybridized carbons (Fsp3) is 0.857. The lowest BCUT2D eigenvalue weighted by Gasteiger charge is -2.25. The molecule has 3 nitrogen and oxygen atoms in total. The highest BCUT2D eigenvalue weighted by Gasteiger charge is 2.48. The summed E-state index contributed by atoms with van der Waals surface area (Å²) in [6.45, 7) is 0.606. The third kappa shape index (κ3) is 0.611. The fourth-order valence-electron chi connectivity index (χ4n) is 2.06. The predicted octanol–water partition coefficient (Wildman–Crippen LogP) is -0.386. The zero-order valence-electron chi connectivity index (χ0n) is 5.89. The largest absolute Gasteiger partial charge is 0.349 e. The molecule has 2 aliphatic rings. The molecule has 2 bridgehead atoms. The van der Waals surface area contributed by atoms with Gasteiger partial charge < -0.3 is 11.1 Å². The Kier molecular flexibility index (Phi) is 1.06. The molecule has 1 saturated heterocycles. The minimum Gasteiger partial charge on any atom is -0.349 e. The van der Waals surface area contributed by atoms with Crippen LogP contribution in [0.1, 0.15) is 19.3 Å². The molecule has 1 aliphatic heterocycles. The van der Waals surface area contributed by atoms with Gasteiger partial charge in [-0.2, -0.15) is 0 Å². The van der Waals surface area contributed by atoms with Crippen molar-refractivity contribution in [2.24, 2.45) is 11.7 Å². The summed E-state index contributed by atoms with van der Waals surface area (Å²) in [6, 6.07) is 0. The molecule has 2 rings (SSSR count). The molecule has 0 aromatic rings. The molecule has 0 radical (unpaired) electrons. The van der Waals surface area contributed by atoms with Crippen molar-refractivity contribution in [1.29, 1.82) is 0 Å². The van der Waals surface area contributed by atoms with Crippen LogP contribution in [0.2, 0.25) is 0 Å². The lowest BCUT2D eigenvalue weighted by Crippen LogP contribution is -2.48. The first-order valence-corrected chi connectivity index (χ1v) is 3.78. The van der Waals surface area contributed by atoms with Crippen LogP contribution in [0.25, 0.3) is 0 Å². The summed E-state index contributed by atoms with van der Waals surface area (Å²) in [6.07, 6.45) is 3.10. The second-order valence-corrected chi connectivity index (χ2v) is 3.41. The Bertz CT molecular complexity index is 180. The highest BCUT2D eigenvalue weighted by molar-refractivity contribution is 5.83. The molecule has 2 atom stereocenters. The number of carbonyl (C=O) groups is 1. The van der Waals surface area contributed by atoms with Crippen molar-refractivity contribution in [2.45, 2.75) is 24.8 Å². The number of fused-ring (bicyclic) bond motifs is 2. The van der Waals surface area contributed by atoms with Crippen LogP contribution in [0.5, 0.6) is 0 Å². The molecular weight excluding hydrogens is 128 g/mol. The fourth-order valence-corrected chi connectivity index (χ4v) is 2.06. The standard InChI is InChI=1S/C7H12N2O/c8-4-7-2-1-5(3-7)6(10)9-7/h5H,1-4,8H2,(H,9,10). The molecule has 0 aromatic carbocycles. The third-order valence-corrected chi connectivity index (χ3v) is 2.76. The normalized spacial score (nSPS) is 44.1. The van der Waals surface area contributed by atoms with Crippen molar-refractivity contribution in [2.75, 3.05) is 6.54 Å². The van der Waals surface area contributed by atoms with Gasteiger partial charge in [0.2, 0.25) is 5.91 Å². The molecule has 0 spiro atoms. The Morgan fingerprint density at radius 1 is 1.80 bits per heavy atom. The van der Waals surface area contributed by atoms with Crippen LogP contribution in [0.15, 0.2) is 0 Å². The van der Waals surface area contributed by atoms with E-state index in [2.05, 4.69) is 5.32 Å². The van der Waals surface area contributed by atoms with Crippen LogP contribution < -0.4 is 11.1 Å². The SMILES string of the molecule is NCC12CCC(C1)C(=O)N2. The highest BCUT2D eigenvalue weighted by atomic mass is 16.2. The average molecular weight is 140 g/mol. The van der Waals surface area contributed by atoms with E-state index in [9.17, 15) is 4.79 Å². The summed E-state index contributed by atoms with van der Waals surface area (Å²) in [7, 11) is 0. The lowest BCUT2D eigenvalue weighted by molar-refractivity contribution is -0.124. The maximum atomic E-state index is 11.0. The summed E-state index contributed by atoms with van der Waals surface area (Å²) >= 11 is 0. The molecule has 1 amide bonds. The first-order chi connectivity index (χ1) is 4.76. The van der Waals surface area contributed by atoms with E-state index in [0.717, 1.165) is 19.3 Å². The molecule has 1 saturated carbocycles. The number of piperidine rings is 1. The van der Waals surface area contributed by atoms with Crippen LogP contribution in [0.4, 0.5) is 0 Å². The second-order valence-electron chi connectivity index (χ2n) is 3.41. The van der Waals surface area contributed by atoms with E-state index in [4.69, 9.17) is 5.73 Å². The number of amides is 1. The van der Waals surface area contributed by atoms with E-state index in [-0.39, 0.29) is 17.4 Å². The topological polar surface area (TPSA) is 55.1 Å². The van der Waals surface area contributed by atoms with Crippen molar-refractivity contribution in [3.05, 3.63) is 0 Å². The lowest BCUT2D eigenvalue weighted by atomic mass is 10.00. The second kappa shape index (κ2) is 1.72. The summed E-state index contributed by atoms with van der Waals surface area (Å²) < 4.78 is 0. The van der Waals surface area contributed by atoms with Crippen LogP contribution in [0.3, 0.4) is 0 Å². The first kappa shape index (κ1) is 6.16. The average Bonchev–Trinajstić information content (AvgIpc) is 2.45. The number of hydrogen-bond donors (Lipinski definition) is 2. The summed E-state index contributed by atoms with van der Waals surface area (Å²) in [5.41, 5.74) is 5.56. The Hall–Kier alpha value is -0.570.